The summed E-state index contributed by atoms with van der Waals surface area (Å²) in [6, 6.07) is 14.8. The topological polar surface area (TPSA) is 104 Å². The molecule has 0 aliphatic heterocycles. The van der Waals surface area contributed by atoms with Gasteiger partial charge in [-0.05, 0) is 59.2 Å². The number of aromatic nitrogens is 1. The molecule has 0 aliphatic carbocycles. The minimum absolute atomic E-state index is 0.00247. The van der Waals surface area contributed by atoms with E-state index in [0.717, 1.165) is 22.4 Å². The molecule has 0 spiro atoms. The van der Waals surface area contributed by atoms with Crippen LogP contribution in [0.15, 0.2) is 48.7 Å². The third kappa shape index (κ3) is 6.77. The summed E-state index contributed by atoms with van der Waals surface area (Å²) < 4.78 is 5.44. The molecule has 7 nitrogen and oxygen atoms in total. The Kier molecular flexibility index (Phi) is 8.26. The van der Waals surface area contributed by atoms with E-state index in [1.165, 1.54) is 7.11 Å². The van der Waals surface area contributed by atoms with Gasteiger partial charge in [0.25, 0.3) is 11.8 Å². The van der Waals surface area contributed by atoms with Crippen LogP contribution in [-0.4, -0.2) is 30.5 Å². The van der Waals surface area contributed by atoms with E-state index in [-0.39, 0.29) is 28.1 Å². The zero-order chi connectivity index (χ0) is 28.3. The van der Waals surface area contributed by atoms with Crippen molar-refractivity contribution in [1.82, 2.24) is 10.3 Å². The largest absolute Gasteiger partial charge is 0.495 e. The summed E-state index contributed by atoms with van der Waals surface area (Å²) in [5.41, 5.74) is 4.75. The van der Waals surface area contributed by atoms with Crippen molar-refractivity contribution in [2.75, 3.05) is 19.0 Å². The molecular formula is C31H36N4O3. The average molecular weight is 513 g/mol. The number of benzene rings is 2. The summed E-state index contributed by atoms with van der Waals surface area (Å²) in [7, 11) is 1.45. The number of ether oxygens (including phenoxy) is 1. The summed E-state index contributed by atoms with van der Waals surface area (Å²) in [5, 5.41) is 15.5. The fourth-order valence-electron chi connectivity index (χ4n) is 3.87. The molecule has 7 heteroatoms. The Morgan fingerprint density at radius 1 is 1.00 bits per heavy atom. The van der Waals surface area contributed by atoms with Crippen molar-refractivity contribution in [2.24, 2.45) is 5.41 Å². The van der Waals surface area contributed by atoms with E-state index in [9.17, 15) is 14.9 Å². The quantitative estimate of drug-likeness (QED) is 0.405. The summed E-state index contributed by atoms with van der Waals surface area (Å²) in [6.45, 7) is 14.7. The van der Waals surface area contributed by atoms with Gasteiger partial charge < -0.3 is 15.4 Å². The van der Waals surface area contributed by atoms with Crippen LogP contribution >= 0.6 is 0 Å². The van der Waals surface area contributed by atoms with Crippen molar-refractivity contribution in [2.45, 2.75) is 53.9 Å². The molecule has 3 aromatic rings. The Balaban J connectivity index is 1.89. The van der Waals surface area contributed by atoms with E-state index in [4.69, 9.17) is 4.74 Å². The van der Waals surface area contributed by atoms with Crippen LogP contribution in [-0.2, 0) is 5.41 Å². The molecule has 38 heavy (non-hydrogen) atoms. The number of carbonyl (C=O) groups excluding carboxylic acids is 2. The summed E-state index contributed by atoms with van der Waals surface area (Å²) in [5.74, 6) is -0.281. The molecule has 0 unspecified atom stereocenters. The van der Waals surface area contributed by atoms with Gasteiger partial charge in [0.2, 0.25) is 0 Å². The van der Waals surface area contributed by atoms with Crippen molar-refractivity contribution in [3.05, 3.63) is 76.6 Å². The van der Waals surface area contributed by atoms with Crippen LogP contribution in [0.1, 0.15) is 79.1 Å². The van der Waals surface area contributed by atoms with Crippen LogP contribution in [0.5, 0.6) is 5.75 Å². The lowest BCUT2D eigenvalue weighted by atomic mass is 9.84. The minimum atomic E-state index is -0.396. The number of pyridine rings is 1. The summed E-state index contributed by atoms with van der Waals surface area (Å²) in [4.78, 5) is 30.3. The van der Waals surface area contributed by atoms with Crippen LogP contribution in [0.2, 0.25) is 0 Å². The smallest absolute Gasteiger partial charge is 0.259 e. The lowest BCUT2D eigenvalue weighted by Crippen LogP contribution is -2.32. The first-order valence-corrected chi connectivity index (χ1v) is 12.5. The van der Waals surface area contributed by atoms with Crippen LogP contribution < -0.4 is 15.4 Å². The number of anilines is 1. The van der Waals surface area contributed by atoms with Crippen LogP contribution in [0, 0.1) is 23.7 Å². The van der Waals surface area contributed by atoms with Crippen LogP contribution in [0.4, 0.5) is 5.69 Å². The summed E-state index contributed by atoms with van der Waals surface area (Å²) in [6.07, 6.45) is 1.59. The van der Waals surface area contributed by atoms with E-state index < -0.39 is 5.91 Å². The second kappa shape index (κ2) is 11.1. The fraction of sp³-hybridized carbons (Fsp3) is 0.355. The summed E-state index contributed by atoms with van der Waals surface area (Å²) >= 11 is 0. The third-order valence-corrected chi connectivity index (χ3v) is 6.11. The van der Waals surface area contributed by atoms with E-state index >= 15 is 0 Å². The standard InChI is InChI=1S/C31H36N4O3/c1-19-25(20-9-11-21(12-10-20)28(36)34-18-30(2,3)4)15-24(17-33-19)35-29(37)26-14-23(31(5,6)7)13-22(16-32)27(26)38-8/h9-15,17H,18H2,1-8H3,(H,34,36)(H,35,37). The first-order chi connectivity index (χ1) is 17.7. The number of carbonyl (C=O) groups is 2. The van der Waals surface area contributed by atoms with Gasteiger partial charge in [-0.3, -0.25) is 14.6 Å². The Morgan fingerprint density at radius 3 is 2.21 bits per heavy atom. The fourth-order valence-corrected chi connectivity index (χ4v) is 3.87. The van der Waals surface area contributed by atoms with Crippen molar-refractivity contribution < 1.29 is 14.3 Å². The molecule has 0 saturated heterocycles. The Bertz CT molecular complexity index is 1390. The van der Waals surface area contributed by atoms with Gasteiger partial charge in [0.1, 0.15) is 11.8 Å². The van der Waals surface area contributed by atoms with Crippen molar-refractivity contribution >= 4 is 17.5 Å². The highest BCUT2D eigenvalue weighted by Crippen LogP contribution is 2.32. The molecule has 2 aromatic carbocycles. The van der Waals surface area contributed by atoms with Gasteiger partial charge in [-0.2, -0.15) is 5.26 Å². The van der Waals surface area contributed by atoms with Gasteiger partial charge in [-0.25, -0.2) is 0 Å². The number of nitrogens with zero attached hydrogens (tertiary/aromatic N) is 2. The van der Waals surface area contributed by atoms with Gasteiger partial charge in [0, 0.05) is 23.4 Å². The molecule has 198 valence electrons. The molecule has 0 radical (unpaired) electrons. The average Bonchev–Trinajstić information content (AvgIpc) is 2.86. The highest BCUT2D eigenvalue weighted by molar-refractivity contribution is 6.07. The predicted molar refractivity (Wildman–Crippen MR) is 151 cm³/mol. The van der Waals surface area contributed by atoms with E-state index in [0.29, 0.717) is 23.4 Å². The highest BCUT2D eigenvalue weighted by atomic mass is 16.5. The highest BCUT2D eigenvalue weighted by Gasteiger charge is 2.23. The van der Waals surface area contributed by atoms with Gasteiger partial charge in [0.15, 0.2) is 0 Å². The predicted octanol–water partition coefficient (Wildman–Crippen LogP) is 6.26. The molecular weight excluding hydrogens is 476 g/mol. The molecule has 2 N–H and O–H groups in total. The molecule has 0 aliphatic rings. The molecule has 0 bridgehead atoms. The number of amides is 2. The SMILES string of the molecule is COc1c(C#N)cc(C(C)(C)C)cc1C(=O)Nc1cnc(C)c(-c2ccc(C(=O)NCC(C)(C)C)cc2)c1. The molecule has 0 fully saturated rings. The van der Waals surface area contributed by atoms with Gasteiger partial charge in [0.05, 0.1) is 30.1 Å². The number of hydrogen-bond acceptors (Lipinski definition) is 5. The number of nitrogens with one attached hydrogen (secondary N) is 2. The molecule has 0 atom stereocenters. The Hall–Kier alpha value is -4.18. The Morgan fingerprint density at radius 2 is 1.66 bits per heavy atom. The lowest BCUT2D eigenvalue weighted by molar-refractivity contribution is 0.0938. The monoisotopic (exact) mass is 512 g/mol. The van der Waals surface area contributed by atoms with Gasteiger partial charge in [-0.15, -0.1) is 0 Å². The zero-order valence-corrected chi connectivity index (χ0v) is 23.4. The van der Waals surface area contributed by atoms with Gasteiger partial charge >= 0.3 is 0 Å². The molecule has 3 rings (SSSR count). The van der Waals surface area contributed by atoms with Gasteiger partial charge in [-0.1, -0.05) is 53.7 Å². The second-order valence-corrected chi connectivity index (χ2v) is 11.6. The number of methoxy groups -OCH3 is 1. The zero-order valence-electron chi connectivity index (χ0n) is 23.4. The molecule has 0 saturated carbocycles. The van der Waals surface area contributed by atoms with Crippen LogP contribution in [0.3, 0.4) is 0 Å². The van der Waals surface area contributed by atoms with E-state index in [1.807, 2.05) is 45.9 Å². The lowest BCUT2D eigenvalue weighted by Gasteiger charge is -2.22. The van der Waals surface area contributed by atoms with Crippen molar-refractivity contribution in [1.29, 1.82) is 5.26 Å². The maximum absolute atomic E-state index is 13.4. The van der Waals surface area contributed by atoms with Crippen molar-refractivity contribution in [3.63, 3.8) is 0 Å². The maximum Gasteiger partial charge on any atom is 0.259 e. The molecule has 1 heterocycles. The first-order valence-electron chi connectivity index (χ1n) is 12.5. The number of hydrogen-bond donors (Lipinski definition) is 2. The minimum Gasteiger partial charge on any atom is -0.495 e. The first kappa shape index (κ1) is 28.4. The molecule has 1 aromatic heterocycles. The van der Waals surface area contributed by atoms with Crippen LogP contribution in [0.25, 0.3) is 11.1 Å². The normalized spacial score (nSPS) is 11.4. The van der Waals surface area contributed by atoms with Crippen molar-refractivity contribution in [3.8, 4) is 22.9 Å². The number of rotatable bonds is 6. The maximum atomic E-state index is 13.4. The van der Waals surface area contributed by atoms with E-state index in [2.05, 4.69) is 42.5 Å². The second-order valence-electron chi connectivity index (χ2n) is 11.6. The number of nitriles is 1. The third-order valence-electron chi connectivity index (χ3n) is 6.11. The molecule has 2 amide bonds. The number of aryl methyl sites for hydroxylation is 1. The Labute approximate surface area is 225 Å². The van der Waals surface area contributed by atoms with E-state index in [1.54, 1.807) is 30.5 Å².